The first-order valence-electron chi connectivity index (χ1n) is 7.08. The number of benzene rings is 1. The molecule has 1 unspecified atom stereocenters. The van der Waals surface area contributed by atoms with Crippen LogP contribution in [0.4, 0.5) is 10.1 Å². The summed E-state index contributed by atoms with van der Waals surface area (Å²) >= 11 is 0. The number of carbonyl (C=O) groups is 2. The molecule has 1 amide bonds. The molecule has 6 heteroatoms. The number of nitrogens with one attached hydrogen (secondary N) is 2. The van der Waals surface area contributed by atoms with Crippen molar-refractivity contribution in [2.24, 2.45) is 0 Å². The lowest BCUT2D eigenvalue weighted by atomic mass is 9.90. The number of amides is 1. The summed E-state index contributed by atoms with van der Waals surface area (Å²) in [7, 11) is 0. The number of rotatable bonds is 5. The third kappa shape index (κ3) is 3.05. The number of halogens is 1. The van der Waals surface area contributed by atoms with Gasteiger partial charge in [-0.25, -0.2) is 9.18 Å². The predicted molar refractivity (Wildman–Crippen MR) is 76.9 cm³/mol. The summed E-state index contributed by atoms with van der Waals surface area (Å²) in [4.78, 5) is 23.7. The van der Waals surface area contributed by atoms with Gasteiger partial charge in [-0.1, -0.05) is 19.4 Å². The smallest absolute Gasteiger partial charge is 0.340 e. The molecule has 1 aromatic carbocycles. The Labute approximate surface area is 122 Å². The van der Waals surface area contributed by atoms with Crippen LogP contribution in [0.2, 0.25) is 0 Å². The van der Waals surface area contributed by atoms with Crippen LogP contribution < -0.4 is 10.6 Å². The average Bonchev–Trinajstić information content (AvgIpc) is 2.88. The first kappa shape index (κ1) is 15.4. The average molecular weight is 294 g/mol. The fourth-order valence-corrected chi connectivity index (χ4v) is 2.84. The molecule has 114 valence electrons. The maximum atomic E-state index is 13.6. The van der Waals surface area contributed by atoms with Crippen LogP contribution in [0, 0.1) is 5.82 Å². The fraction of sp³-hybridized carbons (Fsp3) is 0.467. The number of carboxylic acid groups (broad SMARTS) is 1. The van der Waals surface area contributed by atoms with Gasteiger partial charge < -0.3 is 15.7 Å². The van der Waals surface area contributed by atoms with Crippen molar-refractivity contribution in [1.29, 1.82) is 0 Å². The molecule has 1 saturated heterocycles. The van der Waals surface area contributed by atoms with Crippen molar-refractivity contribution in [3.05, 3.63) is 29.6 Å². The zero-order valence-corrected chi connectivity index (χ0v) is 11.9. The Balaban J connectivity index is 2.27. The molecule has 0 bridgehead atoms. The summed E-state index contributed by atoms with van der Waals surface area (Å²) in [5.74, 6) is -2.55. The van der Waals surface area contributed by atoms with Gasteiger partial charge in [-0.05, 0) is 37.9 Å². The van der Waals surface area contributed by atoms with Crippen LogP contribution in [0.15, 0.2) is 18.2 Å². The van der Waals surface area contributed by atoms with E-state index in [2.05, 4.69) is 10.6 Å². The van der Waals surface area contributed by atoms with Gasteiger partial charge in [-0.15, -0.1) is 0 Å². The van der Waals surface area contributed by atoms with E-state index in [-0.39, 0.29) is 11.6 Å². The molecule has 1 aliphatic heterocycles. The normalized spacial score (nSPS) is 21.2. The number of carbonyl (C=O) groups excluding carboxylic acids is 1. The molecule has 0 radical (unpaired) electrons. The molecule has 5 nitrogen and oxygen atoms in total. The van der Waals surface area contributed by atoms with Crippen molar-refractivity contribution in [3.63, 3.8) is 0 Å². The van der Waals surface area contributed by atoms with E-state index in [1.807, 2.05) is 6.92 Å². The molecule has 0 aromatic heterocycles. The number of aromatic carboxylic acids is 1. The van der Waals surface area contributed by atoms with Gasteiger partial charge in [0.1, 0.15) is 11.4 Å². The quantitative estimate of drug-likeness (QED) is 0.779. The van der Waals surface area contributed by atoms with E-state index in [9.17, 15) is 14.0 Å². The molecule has 2 rings (SSSR count). The highest BCUT2D eigenvalue weighted by Crippen LogP contribution is 2.28. The molecule has 0 aliphatic carbocycles. The minimum atomic E-state index is -1.40. The van der Waals surface area contributed by atoms with Gasteiger partial charge in [0, 0.05) is 0 Å². The molecule has 1 fully saturated rings. The molecule has 1 aromatic rings. The van der Waals surface area contributed by atoms with E-state index in [1.165, 1.54) is 12.1 Å². The van der Waals surface area contributed by atoms with Crippen molar-refractivity contribution >= 4 is 17.6 Å². The van der Waals surface area contributed by atoms with E-state index in [0.29, 0.717) is 12.8 Å². The molecular weight excluding hydrogens is 275 g/mol. The summed E-state index contributed by atoms with van der Waals surface area (Å²) in [6.07, 6.45) is 3.08. The van der Waals surface area contributed by atoms with Crippen molar-refractivity contribution in [3.8, 4) is 0 Å². The van der Waals surface area contributed by atoms with E-state index in [1.54, 1.807) is 0 Å². The molecule has 0 saturated carbocycles. The Bertz CT molecular complexity index is 554. The van der Waals surface area contributed by atoms with Crippen LogP contribution in [-0.2, 0) is 4.79 Å². The lowest BCUT2D eigenvalue weighted by molar-refractivity contribution is -0.122. The van der Waals surface area contributed by atoms with Crippen molar-refractivity contribution in [2.45, 2.75) is 38.1 Å². The maximum Gasteiger partial charge on any atom is 0.340 e. The van der Waals surface area contributed by atoms with Gasteiger partial charge in [0.15, 0.2) is 0 Å². The number of carboxylic acids is 1. The summed E-state index contributed by atoms with van der Waals surface area (Å²) in [6.45, 7) is 2.74. The lowest BCUT2D eigenvalue weighted by Gasteiger charge is -2.28. The lowest BCUT2D eigenvalue weighted by Crippen LogP contribution is -2.50. The van der Waals surface area contributed by atoms with Crippen molar-refractivity contribution in [2.75, 3.05) is 11.9 Å². The van der Waals surface area contributed by atoms with Crippen LogP contribution >= 0.6 is 0 Å². The molecule has 1 aliphatic rings. The fourth-order valence-electron chi connectivity index (χ4n) is 2.84. The van der Waals surface area contributed by atoms with Gasteiger partial charge in [0.05, 0.1) is 11.2 Å². The van der Waals surface area contributed by atoms with Crippen molar-refractivity contribution < 1.29 is 19.1 Å². The van der Waals surface area contributed by atoms with Crippen LogP contribution in [0.3, 0.4) is 0 Å². The van der Waals surface area contributed by atoms with E-state index < -0.39 is 22.9 Å². The van der Waals surface area contributed by atoms with E-state index >= 15 is 0 Å². The zero-order valence-electron chi connectivity index (χ0n) is 11.9. The third-order valence-corrected chi connectivity index (χ3v) is 3.83. The van der Waals surface area contributed by atoms with Crippen LogP contribution in [0.1, 0.15) is 43.0 Å². The maximum absolute atomic E-state index is 13.6. The third-order valence-electron chi connectivity index (χ3n) is 3.83. The van der Waals surface area contributed by atoms with E-state index in [4.69, 9.17) is 5.11 Å². The van der Waals surface area contributed by atoms with Crippen molar-refractivity contribution in [1.82, 2.24) is 5.32 Å². The molecular formula is C15H19FN2O3. The summed E-state index contributed by atoms with van der Waals surface area (Å²) < 4.78 is 13.6. The number of hydrogen-bond donors (Lipinski definition) is 3. The monoisotopic (exact) mass is 294 g/mol. The Hall–Kier alpha value is -1.95. The second-order valence-electron chi connectivity index (χ2n) is 5.28. The zero-order chi connectivity index (χ0) is 15.5. The second-order valence-corrected chi connectivity index (χ2v) is 5.28. The van der Waals surface area contributed by atoms with Crippen LogP contribution in [0.5, 0.6) is 0 Å². The second kappa shape index (κ2) is 6.22. The first-order chi connectivity index (χ1) is 10.00. The highest BCUT2D eigenvalue weighted by Gasteiger charge is 2.40. The highest BCUT2D eigenvalue weighted by atomic mass is 19.1. The van der Waals surface area contributed by atoms with Gasteiger partial charge >= 0.3 is 5.97 Å². The summed E-state index contributed by atoms with van der Waals surface area (Å²) in [5.41, 5.74) is -1.19. The van der Waals surface area contributed by atoms with Gasteiger partial charge in [0.2, 0.25) is 5.91 Å². The van der Waals surface area contributed by atoms with Gasteiger partial charge in [0.25, 0.3) is 0 Å². The Morgan fingerprint density at radius 1 is 1.48 bits per heavy atom. The Kier molecular flexibility index (Phi) is 4.57. The number of hydrogen-bond acceptors (Lipinski definition) is 3. The summed E-state index contributed by atoms with van der Waals surface area (Å²) in [6, 6.07) is 3.85. The molecule has 1 heterocycles. The van der Waals surface area contributed by atoms with Crippen LogP contribution in [0.25, 0.3) is 0 Å². The largest absolute Gasteiger partial charge is 0.478 e. The Morgan fingerprint density at radius 3 is 2.81 bits per heavy atom. The standard InChI is InChI=1S/C15H19FN2O3/c1-2-7-15(8-4-9-17-15)14(21)18-11-6-3-5-10(16)12(11)13(19)20/h3,5-6,17H,2,4,7-9H2,1H3,(H,18,21)(H,19,20). The molecule has 1 atom stereocenters. The predicted octanol–water partition coefficient (Wildman–Crippen LogP) is 2.38. The molecule has 3 N–H and O–H groups in total. The SMILES string of the molecule is CCCC1(C(=O)Nc2cccc(F)c2C(=O)O)CCCN1. The minimum Gasteiger partial charge on any atom is -0.478 e. The van der Waals surface area contributed by atoms with Gasteiger partial charge in [-0.2, -0.15) is 0 Å². The first-order valence-corrected chi connectivity index (χ1v) is 7.08. The minimum absolute atomic E-state index is 0.00308. The number of anilines is 1. The molecule has 21 heavy (non-hydrogen) atoms. The topological polar surface area (TPSA) is 78.4 Å². The van der Waals surface area contributed by atoms with Crippen LogP contribution in [-0.4, -0.2) is 29.1 Å². The molecule has 0 spiro atoms. The highest BCUT2D eigenvalue weighted by molar-refractivity contribution is 6.04. The van der Waals surface area contributed by atoms with Gasteiger partial charge in [-0.3, -0.25) is 4.79 Å². The van der Waals surface area contributed by atoms with E-state index in [0.717, 1.165) is 25.5 Å². The Morgan fingerprint density at radius 2 is 2.24 bits per heavy atom. The summed E-state index contributed by atoms with van der Waals surface area (Å²) in [5, 5.41) is 14.9.